The SMILES string of the molecule is O=C(Cc1cncc(-c2ccc(OCCN3CCOCC3)cc2)c1)NCCCC1CCCC1. The van der Waals surface area contributed by atoms with Crippen molar-refractivity contribution in [3.05, 3.63) is 48.3 Å². The third-order valence-corrected chi connectivity index (χ3v) is 6.71. The van der Waals surface area contributed by atoms with E-state index in [0.717, 1.165) is 74.2 Å². The third kappa shape index (κ3) is 7.83. The van der Waals surface area contributed by atoms with Gasteiger partial charge in [-0.25, -0.2) is 0 Å². The summed E-state index contributed by atoms with van der Waals surface area (Å²) in [5.41, 5.74) is 3.02. The Morgan fingerprint density at radius 2 is 1.88 bits per heavy atom. The zero-order valence-corrected chi connectivity index (χ0v) is 19.6. The highest BCUT2D eigenvalue weighted by atomic mass is 16.5. The van der Waals surface area contributed by atoms with E-state index in [-0.39, 0.29) is 5.91 Å². The number of hydrogen-bond acceptors (Lipinski definition) is 5. The Kier molecular flexibility index (Phi) is 9.13. The molecule has 0 atom stereocenters. The monoisotopic (exact) mass is 451 g/mol. The molecule has 2 heterocycles. The van der Waals surface area contributed by atoms with Gasteiger partial charge in [-0.15, -0.1) is 0 Å². The number of carbonyl (C=O) groups excluding carboxylic acids is 1. The molecule has 1 N–H and O–H groups in total. The van der Waals surface area contributed by atoms with Gasteiger partial charge >= 0.3 is 0 Å². The standard InChI is InChI=1S/C27H37N3O3/c31-27(29-11-3-6-22-4-1-2-5-22)19-23-18-25(21-28-20-23)24-7-9-26(10-8-24)33-17-14-30-12-15-32-16-13-30/h7-10,18,20-22H,1-6,11-17,19H2,(H,29,31). The molecule has 6 heteroatoms. The Bertz CT molecular complexity index is 859. The molecule has 4 rings (SSSR count). The van der Waals surface area contributed by atoms with Crippen molar-refractivity contribution in [2.45, 2.75) is 44.9 Å². The molecule has 0 bridgehead atoms. The van der Waals surface area contributed by atoms with Crippen molar-refractivity contribution in [1.29, 1.82) is 0 Å². The highest BCUT2D eigenvalue weighted by Gasteiger charge is 2.14. The minimum atomic E-state index is 0.0735. The summed E-state index contributed by atoms with van der Waals surface area (Å²) in [7, 11) is 0. The summed E-state index contributed by atoms with van der Waals surface area (Å²) in [5.74, 6) is 1.82. The second-order valence-corrected chi connectivity index (χ2v) is 9.23. The zero-order valence-electron chi connectivity index (χ0n) is 19.6. The number of rotatable bonds is 11. The molecule has 2 fully saturated rings. The van der Waals surface area contributed by atoms with Gasteiger partial charge in [-0.05, 0) is 48.1 Å². The molecule has 1 saturated carbocycles. The van der Waals surface area contributed by atoms with Gasteiger partial charge < -0.3 is 14.8 Å². The lowest BCUT2D eigenvalue weighted by atomic mass is 10.0. The number of carbonyl (C=O) groups is 1. The molecule has 2 aliphatic rings. The number of amides is 1. The van der Waals surface area contributed by atoms with Crippen LogP contribution >= 0.6 is 0 Å². The number of nitrogens with one attached hydrogen (secondary N) is 1. The highest BCUT2D eigenvalue weighted by molar-refractivity contribution is 5.79. The fourth-order valence-electron chi connectivity index (χ4n) is 4.77. The van der Waals surface area contributed by atoms with Gasteiger partial charge in [0.2, 0.25) is 5.91 Å². The molecule has 33 heavy (non-hydrogen) atoms. The van der Waals surface area contributed by atoms with Crippen molar-refractivity contribution in [3.63, 3.8) is 0 Å². The molecule has 178 valence electrons. The van der Waals surface area contributed by atoms with E-state index in [1.807, 2.05) is 30.5 Å². The van der Waals surface area contributed by atoms with Crippen molar-refractivity contribution in [2.24, 2.45) is 5.92 Å². The topological polar surface area (TPSA) is 63.7 Å². The van der Waals surface area contributed by atoms with E-state index in [0.29, 0.717) is 13.0 Å². The number of nitrogens with zero attached hydrogens (tertiary/aromatic N) is 2. The molecule has 0 radical (unpaired) electrons. The molecule has 1 aliphatic heterocycles. The summed E-state index contributed by atoms with van der Waals surface area (Å²) < 4.78 is 11.3. The molecule has 6 nitrogen and oxygen atoms in total. The third-order valence-electron chi connectivity index (χ3n) is 6.71. The fourth-order valence-corrected chi connectivity index (χ4v) is 4.77. The Morgan fingerprint density at radius 3 is 2.67 bits per heavy atom. The number of pyridine rings is 1. The molecule has 1 aliphatic carbocycles. The van der Waals surface area contributed by atoms with Crippen LogP contribution in [0, 0.1) is 5.92 Å². The summed E-state index contributed by atoms with van der Waals surface area (Å²) in [6.07, 6.45) is 11.8. The van der Waals surface area contributed by atoms with Crippen LogP contribution in [0.5, 0.6) is 5.75 Å². The first kappa shape index (κ1) is 23.7. The van der Waals surface area contributed by atoms with Crippen molar-refractivity contribution >= 4 is 5.91 Å². The van der Waals surface area contributed by atoms with Crippen LogP contribution in [0.15, 0.2) is 42.7 Å². The van der Waals surface area contributed by atoms with Crippen molar-refractivity contribution in [2.75, 3.05) is 46.0 Å². The normalized spacial score (nSPS) is 17.2. The lowest BCUT2D eigenvalue weighted by Gasteiger charge is -2.26. The Morgan fingerprint density at radius 1 is 1.09 bits per heavy atom. The zero-order chi connectivity index (χ0) is 22.7. The highest BCUT2D eigenvalue weighted by Crippen LogP contribution is 2.28. The predicted molar refractivity (Wildman–Crippen MR) is 130 cm³/mol. The average molecular weight is 452 g/mol. The van der Waals surface area contributed by atoms with Gasteiger partial charge in [0.05, 0.1) is 19.6 Å². The Hall–Kier alpha value is -2.44. The van der Waals surface area contributed by atoms with E-state index in [1.165, 1.54) is 32.1 Å². The van der Waals surface area contributed by atoms with E-state index in [1.54, 1.807) is 6.20 Å². The number of morpholine rings is 1. The first-order valence-electron chi connectivity index (χ1n) is 12.5. The van der Waals surface area contributed by atoms with Crippen LogP contribution in [-0.4, -0.2) is 61.8 Å². The molecule has 1 amide bonds. The maximum absolute atomic E-state index is 12.3. The molecular weight excluding hydrogens is 414 g/mol. The number of hydrogen-bond donors (Lipinski definition) is 1. The van der Waals surface area contributed by atoms with Crippen LogP contribution in [0.3, 0.4) is 0 Å². The lowest BCUT2D eigenvalue weighted by Crippen LogP contribution is -2.38. The Labute approximate surface area is 197 Å². The first-order valence-corrected chi connectivity index (χ1v) is 12.5. The quantitative estimate of drug-likeness (QED) is 0.522. The number of benzene rings is 1. The van der Waals surface area contributed by atoms with Gasteiger partial charge in [0.1, 0.15) is 12.4 Å². The van der Waals surface area contributed by atoms with Gasteiger partial charge in [-0.1, -0.05) is 37.8 Å². The van der Waals surface area contributed by atoms with Gasteiger partial charge in [-0.3, -0.25) is 14.7 Å². The molecule has 1 saturated heterocycles. The predicted octanol–water partition coefficient (Wildman–Crippen LogP) is 4.09. The fraction of sp³-hybridized carbons (Fsp3) is 0.556. The minimum absolute atomic E-state index is 0.0735. The van der Waals surface area contributed by atoms with Crippen LogP contribution in [0.1, 0.15) is 44.1 Å². The molecule has 2 aromatic rings. The molecule has 1 aromatic heterocycles. The smallest absolute Gasteiger partial charge is 0.224 e. The summed E-state index contributed by atoms with van der Waals surface area (Å²) in [6, 6.07) is 10.2. The summed E-state index contributed by atoms with van der Waals surface area (Å²) in [5, 5.41) is 3.07. The average Bonchev–Trinajstić information content (AvgIpc) is 3.37. The lowest BCUT2D eigenvalue weighted by molar-refractivity contribution is -0.120. The largest absolute Gasteiger partial charge is 0.492 e. The van der Waals surface area contributed by atoms with Crippen LogP contribution in [0.4, 0.5) is 0 Å². The van der Waals surface area contributed by atoms with E-state index >= 15 is 0 Å². The van der Waals surface area contributed by atoms with Gasteiger partial charge in [-0.2, -0.15) is 0 Å². The van der Waals surface area contributed by atoms with E-state index < -0.39 is 0 Å². The van der Waals surface area contributed by atoms with Crippen molar-refractivity contribution in [1.82, 2.24) is 15.2 Å². The minimum Gasteiger partial charge on any atom is -0.492 e. The van der Waals surface area contributed by atoms with Crippen LogP contribution in [0.25, 0.3) is 11.1 Å². The van der Waals surface area contributed by atoms with E-state index in [4.69, 9.17) is 9.47 Å². The molecule has 0 spiro atoms. The first-order chi connectivity index (χ1) is 16.3. The van der Waals surface area contributed by atoms with Crippen molar-refractivity contribution in [3.8, 4) is 16.9 Å². The maximum atomic E-state index is 12.3. The summed E-state index contributed by atoms with van der Waals surface area (Å²) >= 11 is 0. The van der Waals surface area contributed by atoms with Gasteiger partial charge in [0.25, 0.3) is 0 Å². The molecule has 1 aromatic carbocycles. The number of ether oxygens (including phenoxy) is 2. The maximum Gasteiger partial charge on any atom is 0.224 e. The van der Waals surface area contributed by atoms with Gasteiger partial charge in [0.15, 0.2) is 0 Å². The molecule has 0 unspecified atom stereocenters. The summed E-state index contributed by atoms with van der Waals surface area (Å²) in [4.78, 5) is 19.1. The molecular formula is C27H37N3O3. The second-order valence-electron chi connectivity index (χ2n) is 9.23. The van der Waals surface area contributed by atoms with E-state index in [2.05, 4.69) is 21.3 Å². The van der Waals surface area contributed by atoms with Crippen LogP contribution < -0.4 is 10.1 Å². The van der Waals surface area contributed by atoms with Crippen LogP contribution in [0.2, 0.25) is 0 Å². The second kappa shape index (κ2) is 12.7. The van der Waals surface area contributed by atoms with Crippen molar-refractivity contribution < 1.29 is 14.3 Å². The van der Waals surface area contributed by atoms with E-state index in [9.17, 15) is 4.79 Å². The summed E-state index contributed by atoms with van der Waals surface area (Å²) in [6.45, 7) is 5.93. The van der Waals surface area contributed by atoms with Gasteiger partial charge in [0, 0.05) is 44.1 Å². The van der Waals surface area contributed by atoms with Crippen LogP contribution in [-0.2, 0) is 16.0 Å². The number of aromatic nitrogens is 1. The Balaban J connectivity index is 1.20.